The van der Waals surface area contributed by atoms with E-state index in [1.165, 1.54) is 0 Å². The maximum Gasteiger partial charge on any atom is 0.138 e. The van der Waals surface area contributed by atoms with E-state index in [2.05, 4.69) is 18.3 Å². The second kappa shape index (κ2) is 7.00. The van der Waals surface area contributed by atoms with Gasteiger partial charge in [-0.2, -0.15) is 5.26 Å². The predicted octanol–water partition coefficient (Wildman–Crippen LogP) is 1.84. The molecule has 0 spiro atoms. The summed E-state index contributed by atoms with van der Waals surface area (Å²) < 4.78 is 5.61. The molecule has 1 rings (SSSR count). The number of nitrogens with zero attached hydrogens (tertiary/aromatic N) is 1. The van der Waals surface area contributed by atoms with Crippen LogP contribution in [0.2, 0.25) is 0 Å². The third-order valence-corrected chi connectivity index (χ3v) is 2.62. The zero-order chi connectivity index (χ0) is 13.4. The quantitative estimate of drug-likeness (QED) is 0.772. The maximum absolute atomic E-state index is 9.16. The van der Waals surface area contributed by atoms with Gasteiger partial charge in [-0.3, -0.25) is 5.32 Å². The number of nitriles is 1. The minimum atomic E-state index is -0.689. The van der Waals surface area contributed by atoms with Crippen molar-refractivity contribution in [1.82, 2.24) is 5.32 Å². The molecule has 0 aromatic heterocycles. The van der Waals surface area contributed by atoms with Crippen molar-refractivity contribution in [3.63, 3.8) is 0 Å². The lowest BCUT2D eigenvalue weighted by Crippen LogP contribution is -2.46. The van der Waals surface area contributed by atoms with Crippen molar-refractivity contribution in [2.75, 3.05) is 13.2 Å². The first-order valence-corrected chi connectivity index (χ1v) is 6.12. The van der Waals surface area contributed by atoms with Crippen molar-refractivity contribution in [2.24, 2.45) is 0 Å². The average Bonchev–Trinajstić information content (AvgIpc) is 2.43. The number of nitrogens with one attached hydrogen (secondary N) is 1. The van der Waals surface area contributed by atoms with Crippen LogP contribution in [-0.4, -0.2) is 23.8 Å². The van der Waals surface area contributed by atoms with E-state index in [-0.39, 0.29) is 13.2 Å². The smallest absolute Gasteiger partial charge is 0.138 e. The molecule has 0 aliphatic carbocycles. The number of hydrogen-bond acceptors (Lipinski definition) is 4. The monoisotopic (exact) mass is 248 g/mol. The normalized spacial score (nSPS) is 13.7. The van der Waals surface area contributed by atoms with E-state index in [1.54, 1.807) is 6.07 Å². The first-order chi connectivity index (χ1) is 8.63. The van der Waals surface area contributed by atoms with Crippen molar-refractivity contribution in [3.8, 4) is 11.8 Å². The summed E-state index contributed by atoms with van der Waals surface area (Å²) in [4.78, 5) is 0. The highest BCUT2D eigenvalue weighted by atomic mass is 16.5. The van der Waals surface area contributed by atoms with Crippen LogP contribution in [0.3, 0.4) is 0 Å². The van der Waals surface area contributed by atoms with Crippen LogP contribution in [0.15, 0.2) is 24.3 Å². The molecular weight excluding hydrogens is 228 g/mol. The lowest BCUT2D eigenvalue weighted by molar-refractivity contribution is 0.233. The summed E-state index contributed by atoms with van der Waals surface area (Å²) in [6, 6.07) is 9.47. The van der Waals surface area contributed by atoms with Crippen LogP contribution < -0.4 is 10.1 Å². The van der Waals surface area contributed by atoms with Crippen molar-refractivity contribution in [1.29, 1.82) is 5.26 Å². The second-order valence-electron chi connectivity index (χ2n) is 4.46. The minimum absolute atomic E-state index is 0.0131. The molecule has 1 aromatic carbocycles. The Labute approximate surface area is 108 Å². The number of ether oxygens (including phenoxy) is 1. The molecule has 0 saturated heterocycles. The summed E-state index contributed by atoms with van der Waals surface area (Å²) >= 11 is 0. The summed E-state index contributed by atoms with van der Waals surface area (Å²) in [5, 5.41) is 21.3. The van der Waals surface area contributed by atoms with Gasteiger partial charge in [0.2, 0.25) is 0 Å². The van der Waals surface area contributed by atoms with E-state index < -0.39 is 5.54 Å². The standard InChI is InChI=1S/C14H20N2O2/c1-3-7-16-14(2,10-15)11-18-13-6-4-5-12(8-13)9-17/h4-6,8,16-17H,3,7,9,11H2,1-2H3. The van der Waals surface area contributed by atoms with Gasteiger partial charge in [0, 0.05) is 0 Å². The van der Waals surface area contributed by atoms with Crippen LogP contribution >= 0.6 is 0 Å². The molecule has 1 aromatic rings. The fourth-order valence-corrected chi connectivity index (χ4v) is 1.49. The molecular formula is C14H20N2O2. The Morgan fingerprint density at radius 3 is 2.89 bits per heavy atom. The molecule has 0 aliphatic heterocycles. The van der Waals surface area contributed by atoms with Crippen LogP contribution in [0.5, 0.6) is 5.75 Å². The van der Waals surface area contributed by atoms with Crippen molar-refractivity contribution < 1.29 is 9.84 Å². The molecule has 0 heterocycles. The highest BCUT2D eigenvalue weighted by Crippen LogP contribution is 2.15. The van der Waals surface area contributed by atoms with Gasteiger partial charge in [0.1, 0.15) is 17.9 Å². The fourth-order valence-electron chi connectivity index (χ4n) is 1.49. The van der Waals surface area contributed by atoms with Gasteiger partial charge >= 0.3 is 0 Å². The number of aliphatic hydroxyl groups excluding tert-OH is 1. The molecule has 0 amide bonds. The molecule has 0 bridgehead atoms. The number of hydrogen-bond donors (Lipinski definition) is 2. The predicted molar refractivity (Wildman–Crippen MR) is 70.2 cm³/mol. The molecule has 0 aliphatic rings. The third-order valence-electron chi connectivity index (χ3n) is 2.62. The summed E-state index contributed by atoms with van der Waals surface area (Å²) in [5.41, 5.74) is 0.110. The minimum Gasteiger partial charge on any atom is -0.491 e. The van der Waals surface area contributed by atoms with E-state index in [9.17, 15) is 0 Å². The first kappa shape index (κ1) is 14.5. The number of rotatable bonds is 7. The van der Waals surface area contributed by atoms with Gasteiger partial charge < -0.3 is 9.84 Å². The molecule has 2 N–H and O–H groups in total. The second-order valence-corrected chi connectivity index (χ2v) is 4.46. The van der Waals surface area contributed by atoms with Gasteiger partial charge in [-0.15, -0.1) is 0 Å². The van der Waals surface area contributed by atoms with Crippen LogP contribution in [0.1, 0.15) is 25.8 Å². The van der Waals surface area contributed by atoms with Gasteiger partial charge in [-0.1, -0.05) is 19.1 Å². The molecule has 4 nitrogen and oxygen atoms in total. The molecule has 18 heavy (non-hydrogen) atoms. The lowest BCUT2D eigenvalue weighted by Gasteiger charge is -2.23. The van der Waals surface area contributed by atoms with E-state index in [1.807, 2.05) is 25.1 Å². The molecule has 0 radical (unpaired) electrons. The fraction of sp³-hybridized carbons (Fsp3) is 0.500. The van der Waals surface area contributed by atoms with Crippen LogP contribution in [0.25, 0.3) is 0 Å². The van der Waals surface area contributed by atoms with Gasteiger partial charge in [0.15, 0.2) is 0 Å². The Balaban J connectivity index is 2.59. The molecule has 1 unspecified atom stereocenters. The van der Waals surface area contributed by atoms with Gasteiger partial charge in [-0.25, -0.2) is 0 Å². The first-order valence-electron chi connectivity index (χ1n) is 6.12. The van der Waals surface area contributed by atoms with E-state index in [0.29, 0.717) is 5.75 Å². The Morgan fingerprint density at radius 1 is 1.50 bits per heavy atom. The molecule has 4 heteroatoms. The Hall–Kier alpha value is -1.57. The average molecular weight is 248 g/mol. The summed E-state index contributed by atoms with van der Waals surface area (Å²) in [6.45, 7) is 4.91. The molecule has 0 fully saturated rings. The molecule has 98 valence electrons. The summed E-state index contributed by atoms with van der Waals surface area (Å²) in [6.07, 6.45) is 0.970. The summed E-state index contributed by atoms with van der Waals surface area (Å²) in [7, 11) is 0. The lowest BCUT2D eigenvalue weighted by atomic mass is 10.1. The summed E-state index contributed by atoms with van der Waals surface area (Å²) in [5.74, 6) is 0.668. The SMILES string of the molecule is CCCNC(C)(C#N)COc1cccc(CO)c1. The van der Waals surface area contributed by atoms with Crippen LogP contribution in [0.4, 0.5) is 0 Å². The van der Waals surface area contributed by atoms with Gasteiger partial charge in [-0.05, 0) is 37.6 Å². The van der Waals surface area contributed by atoms with Crippen molar-refractivity contribution in [3.05, 3.63) is 29.8 Å². The third kappa shape index (κ3) is 4.36. The van der Waals surface area contributed by atoms with Crippen LogP contribution in [-0.2, 0) is 6.61 Å². The Bertz CT molecular complexity index is 415. The Kier molecular flexibility index (Phi) is 5.63. The van der Waals surface area contributed by atoms with E-state index in [4.69, 9.17) is 15.1 Å². The number of aliphatic hydroxyl groups is 1. The highest BCUT2D eigenvalue weighted by molar-refractivity contribution is 5.28. The zero-order valence-electron chi connectivity index (χ0n) is 10.9. The maximum atomic E-state index is 9.16. The van der Waals surface area contributed by atoms with E-state index >= 15 is 0 Å². The van der Waals surface area contributed by atoms with Gasteiger partial charge in [0.05, 0.1) is 12.7 Å². The number of benzene rings is 1. The van der Waals surface area contributed by atoms with Crippen molar-refractivity contribution in [2.45, 2.75) is 32.4 Å². The van der Waals surface area contributed by atoms with Gasteiger partial charge in [0.25, 0.3) is 0 Å². The van der Waals surface area contributed by atoms with Crippen LogP contribution in [0, 0.1) is 11.3 Å². The largest absolute Gasteiger partial charge is 0.491 e. The van der Waals surface area contributed by atoms with E-state index in [0.717, 1.165) is 18.5 Å². The topological polar surface area (TPSA) is 65.3 Å². The highest BCUT2D eigenvalue weighted by Gasteiger charge is 2.23. The van der Waals surface area contributed by atoms with Crippen molar-refractivity contribution >= 4 is 0 Å². The molecule has 0 saturated carbocycles. The zero-order valence-corrected chi connectivity index (χ0v) is 10.9. The Morgan fingerprint density at radius 2 is 2.28 bits per heavy atom. The molecule has 1 atom stereocenters.